The van der Waals surface area contributed by atoms with Gasteiger partial charge in [-0.15, -0.1) is 0 Å². The van der Waals surface area contributed by atoms with Crippen molar-refractivity contribution in [3.63, 3.8) is 0 Å². The number of ketones is 1. The number of hydrogen-bond donors (Lipinski definition) is 2. The fourth-order valence-corrected chi connectivity index (χ4v) is 3.04. The van der Waals surface area contributed by atoms with Crippen LogP contribution in [0.3, 0.4) is 0 Å². The fourth-order valence-electron chi connectivity index (χ4n) is 3.04. The summed E-state index contributed by atoms with van der Waals surface area (Å²) in [4.78, 5) is 36.9. The lowest BCUT2D eigenvalue weighted by Crippen LogP contribution is -2.40. The summed E-state index contributed by atoms with van der Waals surface area (Å²) in [7, 11) is 0. The zero-order valence-corrected chi connectivity index (χ0v) is 14.2. The molecule has 3 rings (SSSR count). The van der Waals surface area contributed by atoms with Crippen molar-refractivity contribution in [1.82, 2.24) is 4.90 Å². The molecule has 6 nitrogen and oxygen atoms in total. The first-order chi connectivity index (χ1) is 12.5. The van der Waals surface area contributed by atoms with Crippen LogP contribution in [0.15, 0.2) is 54.6 Å². The van der Waals surface area contributed by atoms with Crippen molar-refractivity contribution in [2.75, 3.05) is 18.4 Å². The number of amides is 2. The third kappa shape index (κ3) is 4.08. The highest BCUT2D eigenvalue weighted by atomic mass is 16.4. The lowest BCUT2D eigenvalue weighted by Gasteiger charge is -2.29. The van der Waals surface area contributed by atoms with E-state index in [1.807, 2.05) is 18.2 Å². The molecular formula is C20H20N2O4. The Kier molecular flexibility index (Phi) is 5.31. The van der Waals surface area contributed by atoms with Crippen molar-refractivity contribution in [3.8, 4) is 0 Å². The van der Waals surface area contributed by atoms with Crippen LogP contribution in [-0.2, 0) is 4.79 Å². The molecule has 2 aromatic carbocycles. The Bertz CT molecular complexity index is 794. The molecule has 1 fully saturated rings. The van der Waals surface area contributed by atoms with Gasteiger partial charge >= 0.3 is 6.09 Å². The van der Waals surface area contributed by atoms with Gasteiger partial charge in [-0.2, -0.15) is 0 Å². The van der Waals surface area contributed by atoms with Gasteiger partial charge in [0.2, 0.25) is 5.91 Å². The summed E-state index contributed by atoms with van der Waals surface area (Å²) >= 11 is 0. The average molecular weight is 352 g/mol. The van der Waals surface area contributed by atoms with Gasteiger partial charge in [0.05, 0.1) is 0 Å². The van der Waals surface area contributed by atoms with Gasteiger partial charge in [0.25, 0.3) is 0 Å². The monoisotopic (exact) mass is 352 g/mol. The third-order valence-electron chi connectivity index (χ3n) is 4.59. The number of nitrogens with one attached hydrogen (secondary N) is 1. The molecule has 0 saturated carbocycles. The van der Waals surface area contributed by atoms with E-state index in [0.29, 0.717) is 42.7 Å². The molecule has 0 spiro atoms. The molecule has 1 heterocycles. The lowest BCUT2D eigenvalue weighted by atomic mass is 9.96. The van der Waals surface area contributed by atoms with E-state index in [4.69, 9.17) is 5.11 Å². The van der Waals surface area contributed by atoms with Crippen LogP contribution in [-0.4, -0.2) is 40.9 Å². The minimum absolute atomic E-state index is 0.0653. The van der Waals surface area contributed by atoms with Crippen molar-refractivity contribution in [2.24, 2.45) is 5.92 Å². The van der Waals surface area contributed by atoms with E-state index in [2.05, 4.69) is 5.32 Å². The molecule has 6 heteroatoms. The fraction of sp³-hybridized carbons (Fsp3) is 0.250. The highest BCUT2D eigenvalue weighted by molar-refractivity contribution is 6.09. The Balaban J connectivity index is 1.58. The Hall–Kier alpha value is -3.15. The molecule has 2 amide bonds. The molecule has 2 aromatic rings. The van der Waals surface area contributed by atoms with Crippen molar-refractivity contribution < 1.29 is 19.5 Å². The van der Waals surface area contributed by atoms with Crippen LogP contribution in [0.5, 0.6) is 0 Å². The molecule has 1 aliphatic rings. The summed E-state index contributed by atoms with van der Waals surface area (Å²) in [5.41, 5.74) is 1.80. The van der Waals surface area contributed by atoms with Gasteiger partial charge in [0.1, 0.15) is 0 Å². The quantitative estimate of drug-likeness (QED) is 0.827. The van der Waals surface area contributed by atoms with Crippen molar-refractivity contribution >= 4 is 23.5 Å². The summed E-state index contributed by atoms with van der Waals surface area (Å²) < 4.78 is 0. The maximum absolute atomic E-state index is 12.4. The SMILES string of the molecule is O=C(c1ccccc1)c1ccc(NC(=O)C2CCN(C(=O)O)CC2)cc1. The molecule has 26 heavy (non-hydrogen) atoms. The zero-order chi connectivity index (χ0) is 18.5. The molecular weight excluding hydrogens is 332 g/mol. The van der Waals surface area contributed by atoms with E-state index in [-0.39, 0.29) is 17.6 Å². The van der Waals surface area contributed by atoms with Gasteiger partial charge in [-0.1, -0.05) is 30.3 Å². The second-order valence-corrected chi connectivity index (χ2v) is 6.31. The van der Waals surface area contributed by atoms with E-state index >= 15 is 0 Å². The van der Waals surface area contributed by atoms with E-state index in [0.717, 1.165) is 0 Å². The summed E-state index contributed by atoms with van der Waals surface area (Å²) in [6.45, 7) is 0.746. The number of nitrogens with zero attached hydrogens (tertiary/aromatic N) is 1. The van der Waals surface area contributed by atoms with Crippen LogP contribution in [0.1, 0.15) is 28.8 Å². The van der Waals surface area contributed by atoms with Crippen LogP contribution >= 0.6 is 0 Å². The first-order valence-electron chi connectivity index (χ1n) is 8.53. The second kappa shape index (κ2) is 7.82. The summed E-state index contributed by atoms with van der Waals surface area (Å²) in [5.74, 6) is -0.377. The number of piperidine rings is 1. The van der Waals surface area contributed by atoms with E-state index in [1.54, 1.807) is 36.4 Å². The summed E-state index contributed by atoms with van der Waals surface area (Å²) in [5, 5.41) is 11.8. The average Bonchev–Trinajstić information content (AvgIpc) is 2.68. The van der Waals surface area contributed by atoms with Gasteiger partial charge in [0.15, 0.2) is 5.78 Å². The van der Waals surface area contributed by atoms with Crippen molar-refractivity contribution in [1.29, 1.82) is 0 Å². The minimum atomic E-state index is -0.942. The molecule has 2 N–H and O–H groups in total. The highest BCUT2D eigenvalue weighted by Crippen LogP contribution is 2.20. The molecule has 0 bridgehead atoms. The highest BCUT2D eigenvalue weighted by Gasteiger charge is 2.27. The number of carboxylic acid groups (broad SMARTS) is 1. The van der Waals surface area contributed by atoms with Crippen LogP contribution in [0.2, 0.25) is 0 Å². The number of hydrogen-bond acceptors (Lipinski definition) is 3. The molecule has 1 aliphatic heterocycles. The molecule has 0 aliphatic carbocycles. The van der Waals surface area contributed by atoms with Crippen molar-refractivity contribution in [2.45, 2.75) is 12.8 Å². The molecule has 0 atom stereocenters. The molecule has 0 unspecified atom stereocenters. The molecule has 134 valence electrons. The van der Waals surface area contributed by atoms with Crippen LogP contribution < -0.4 is 5.32 Å². The standard InChI is InChI=1S/C20H20N2O4/c23-18(14-4-2-1-3-5-14)15-6-8-17(9-7-15)21-19(24)16-10-12-22(13-11-16)20(25)26/h1-9,16H,10-13H2,(H,21,24)(H,25,26). The molecule has 1 saturated heterocycles. The number of carbonyl (C=O) groups excluding carboxylic acids is 2. The van der Waals surface area contributed by atoms with Gasteiger partial charge in [-0.3, -0.25) is 9.59 Å². The number of rotatable bonds is 4. The summed E-state index contributed by atoms with van der Waals surface area (Å²) in [6.07, 6.45) is 0.0911. The largest absolute Gasteiger partial charge is 0.465 e. The van der Waals surface area contributed by atoms with Crippen LogP contribution in [0, 0.1) is 5.92 Å². The molecule has 0 aromatic heterocycles. The third-order valence-corrected chi connectivity index (χ3v) is 4.59. The maximum Gasteiger partial charge on any atom is 0.407 e. The second-order valence-electron chi connectivity index (χ2n) is 6.31. The topological polar surface area (TPSA) is 86.7 Å². The van der Waals surface area contributed by atoms with Crippen molar-refractivity contribution in [3.05, 3.63) is 65.7 Å². The van der Waals surface area contributed by atoms with E-state index < -0.39 is 6.09 Å². The Morgan fingerprint density at radius 3 is 2.04 bits per heavy atom. The zero-order valence-electron chi connectivity index (χ0n) is 14.2. The summed E-state index contributed by atoms with van der Waals surface area (Å²) in [6, 6.07) is 15.8. The lowest BCUT2D eigenvalue weighted by molar-refractivity contribution is -0.121. The number of anilines is 1. The Labute approximate surface area is 151 Å². The van der Waals surface area contributed by atoms with Crippen LogP contribution in [0.4, 0.5) is 10.5 Å². The minimum Gasteiger partial charge on any atom is -0.465 e. The molecule has 0 radical (unpaired) electrons. The smallest absolute Gasteiger partial charge is 0.407 e. The number of carbonyl (C=O) groups is 3. The van der Waals surface area contributed by atoms with Gasteiger partial charge in [-0.05, 0) is 37.1 Å². The predicted octanol–water partition coefficient (Wildman–Crippen LogP) is 3.25. The Morgan fingerprint density at radius 2 is 1.46 bits per heavy atom. The van der Waals surface area contributed by atoms with Crippen LogP contribution in [0.25, 0.3) is 0 Å². The first-order valence-corrected chi connectivity index (χ1v) is 8.53. The first kappa shape index (κ1) is 17.7. The normalized spacial score (nSPS) is 14.7. The van der Waals surface area contributed by atoms with Gasteiger partial charge in [-0.25, -0.2) is 4.79 Å². The number of likely N-dealkylation sites (tertiary alicyclic amines) is 1. The van der Waals surface area contributed by atoms with E-state index in [9.17, 15) is 14.4 Å². The van der Waals surface area contributed by atoms with E-state index in [1.165, 1.54) is 4.90 Å². The maximum atomic E-state index is 12.4. The van der Waals surface area contributed by atoms with Gasteiger partial charge < -0.3 is 15.3 Å². The van der Waals surface area contributed by atoms with Gasteiger partial charge in [0, 0.05) is 35.8 Å². The Morgan fingerprint density at radius 1 is 0.885 bits per heavy atom. The number of benzene rings is 2. The predicted molar refractivity (Wildman–Crippen MR) is 97.3 cm³/mol.